The number of urea groups is 1. The van der Waals surface area contributed by atoms with Gasteiger partial charge in [0.2, 0.25) is 0 Å². The van der Waals surface area contributed by atoms with Gasteiger partial charge in [-0.15, -0.1) is 0 Å². The van der Waals surface area contributed by atoms with E-state index in [2.05, 4.69) is 5.32 Å². The number of halogens is 2. The van der Waals surface area contributed by atoms with Crippen molar-refractivity contribution < 1.29 is 28.5 Å². The maximum atomic E-state index is 13.6. The maximum Gasteiger partial charge on any atom is 0.321 e. The molecule has 0 aromatic heterocycles. The normalized spacial score (nSPS) is 28.8. The molecule has 0 unspecified atom stereocenters. The molecule has 0 aliphatic carbocycles. The van der Waals surface area contributed by atoms with E-state index in [0.29, 0.717) is 25.9 Å². The molecule has 2 amide bonds. The van der Waals surface area contributed by atoms with Gasteiger partial charge in [-0.2, -0.15) is 0 Å². The molecule has 25 heavy (non-hydrogen) atoms. The van der Waals surface area contributed by atoms with Crippen LogP contribution in [0.5, 0.6) is 0 Å². The van der Waals surface area contributed by atoms with E-state index in [9.17, 15) is 23.8 Å². The highest BCUT2D eigenvalue weighted by atomic mass is 19.1. The summed E-state index contributed by atoms with van der Waals surface area (Å²) in [7, 11) is 0. The van der Waals surface area contributed by atoms with Crippen LogP contribution in [0.2, 0.25) is 0 Å². The van der Waals surface area contributed by atoms with E-state index >= 15 is 0 Å². The van der Waals surface area contributed by atoms with Crippen LogP contribution in [0, 0.1) is 11.6 Å². The van der Waals surface area contributed by atoms with Gasteiger partial charge >= 0.3 is 6.03 Å². The van der Waals surface area contributed by atoms with Crippen molar-refractivity contribution in [1.82, 2.24) is 4.90 Å². The maximum absolute atomic E-state index is 13.6. The summed E-state index contributed by atoms with van der Waals surface area (Å²) < 4.78 is 32.6. The lowest BCUT2D eigenvalue weighted by atomic mass is 9.75. The van der Waals surface area contributed by atoms with Gasteiger partial charge < -0.3 is 25.2 Å². The highest BCUT2D eigenvalue weighted by Crippen LogP contribution is 2.39. The zero-order valence-corrected chi connectivity index (χ0v) is 14.0. The lowest BCUT2D eigenvalue weighted by molar-refractivity contribution is -0.244. The second-order valence-corrected chi connectivity index (χ2v) is 6.96. The number of benzene rings is 1. The number of nitrogens with zero attached hydrogens (tertiary/aromatic N) is 1. The van der Waals surface area contributed by atoms with Gasteiger partial charge in [-0.3, -0.25) is 0 Å². The van der Waals surface area contributed by atoms with Gasteiger partial charge in [-0.25, -0.2) is 13.6 Å². The first-order chi connectivity index (χ1) is 11.7. The number of carbonyl (C=O) groups is 1. The van der Waals surface area contributed by atoms with E-state index in [1.807, 2.05) is 0 Å². The Hall–Kier alpha value is -1.77. The number of aliphatic hydroxyl groups excluding tert-OH is 1. The molecule has 3 N–H and O–H groups in total. The number of hydrogen-bond donors (Lipinski definition) is 3. The van der Waals surface area contributed by atoms with Crippen LogP contribution in [0.4, 0.5) is 19.3 Å². The Morgan fingerprint density at radius 3 is 2.68 bits per heavy atom. The molecule has 2 heterocycles. The molecule has 6 nitrogen and oxygen atoms in total. The first-order valence-corrected chi connectivity index (χ1v) is 8.29. The number of likely N-dealkylation sites (tertiary alicyclic amines) is 1. The molecule has 8 heteroatoms. The van der Waals surface area contributed by atoms with Crippen molar-refractivity contribution in [3.63, 3.8) is 0 Å². The monoisotopic (exact) mass is 356 g/mol. The molecule has 0 radical (unpaired) electrons. The lowest BCUT2D eigenvalue weighted by Gasteiger charge is -2.51. The highest BCUT2D eigenvalue weighted by Gasteiger charge is 2.52. The second kappa shape index (κ2) is 6.51. The average Bonchev–Trinajstić information content (AvgIpc) is 2.56. The SMILES string of the molecule is C[C@@]1(O)CCOC2(CCN(C(=O)Nc3cc(F)ccc3F)CC2)[C@H]1O. The van der Waals surface area contributed by atoms with Crippen molar-refractivity contribution in [2.75, 3.05) is 25.0 Å². The standard InChI is InChI=1S/C17H22F2N2O4/c1-16(24)6-9-25-17(14(16)22)4-7-21(8-5-17)15(23)20-13-10-11(18)2-3-12(13)19/h2-3,10,14,22,24H,4-9H2,1H3,(H,20,23)/t14-,16+/m0/s1. The van der Waals surface area contributed by atoms with Crippen molar-refractivity contribution in [2.45, 2.75) is 43.5 Å². The van der Waals surface area contributed by atoms with Crippen LogP contribution in [0.25, 0.3) is 0 Å². The fourth-order valence-electron chi connectivity index (χ4n) is 3.54. The number of amides is 2. The van der Waals surface area contributed by atoms with E-state index in [4.69, 9.17) is 4.74 Å². The van der Waals surface area contributed by atoms with Gasteiger partial charge in [0.05, 0.1) is 17.9 Å². The number of hydrogen-bond acceptors (Lipinski definition) is 4. The van der Waals surface area contributed by atoms with Crippen molar-refractivity contribution in [1.29, 1.82) is 0 Å². The van der Waals surface area contributed by atoms with Crippen LogP contribution in [0.3, 0.4) is 0 Å². The topological polar surface area (TPSA) is 82.0 Å². The molecule has 0 saturated carbocycles. The summed E-state index contributed by atoms with van der Waals surface area (Å²) in [5.74, 6) is -1.36. The number of anilines is 1. The molecule has 1 aromatic rings. The third kappa shape index (κ3) is 3.47. The molecule has 1 aromatic carbocycles. The number of nitrogens with one attached hydrogen (secondary N) is 1. The largest absolute Gasteiger partial charge is 0.387 e. The molecule has 0 bridgehead atoms. The van der Waals surface area contributed by atoms with E-state index in [1.165, 1.54) is 4.90 Å². The van der Waals surface area contributed by atoms with Crippen LogP contribution in [-0.4, -0.2) is 58.1 Å². The first-order valence-electron chi connectivity index (χ1n) is 8.29. The molecule has 2 atom stereocenters. The van der Waals surface area contributed by atoms with Crippen LogP contribution in [0.15, 0.2) is 18.2 Å². The highest BCUT2D eigenvalue weighted by molar-refractivity contribution is 5.89. The minimum atomic E-state index is -1.23. The summed E-state index contributed by atoms with van der Waals surface area (Å²) in [4.78, 5) is 13.7. The lowest BCUT2D eigenvalue weighted by Crippen LogP contribution is -2.64. The number of rotatable bonds is 1. The quantitative estimate of drug-likeness (QED) is 0.717. The number of aliphatic hydroxyl groups is 2. The van der Waals surface area contributed by atoms with E-state index in [-0.39, 0.29) is 18.8 Å². The molecule has 2 aliphatic rings. The molecule has 2 fully saturated rings. The Morgan fingerprint density at radius 1 is 1.32 bits per heavy atom. The van der Waals surface area contributed by atoms with Crippen molar-refractivity contribution in [2.24, 2.45) is 0 Å². The first kappa shape index (κ1) is 18.0. The predicted octanol–water partition coefficient (Wildman–Crippen LogP) is 1.86. The third-order valence-corrected chi connectivity index (χ3v) is 5.15. The van der Waals surface area contributed by atoms with E-state index in [1.54, 1.807) is 6.92 Å². The summed E-state index contributed by atoms with van der Waals surface area (Å²) >= 11 is 0. The van der Waals surface area contributed by atoms with Gasteiger partial charge in [-0.1, -0.05) is 0 Å². The number of piperidine rings is 1. The predicted molar refractivity (Wildman–Crippen MR) is 86.1 cm³/mol. The summed E-state index contributed by atoms with van der Waals surface area (Å²) in [5.41, 5.74) is -2.34. The number of carbonyl (C=O) groups excluding carboxylic acids is 1. The Labute approximate surface area is 144 Å². The molecule has 138 valence electrons. The van der Waals surface area contributed by atoms with Crippen molar-refractivity contribution in [3.05, 3.63) is 29.8 Å². The second-order valence-electron chi connectivity index (χ2n) is 6.96. The Balaban J connectivity index is 1.64. The van der Waals surface area contributed by atoms with Crippen LogP contribution in [0.1, 0.15) is 26.2 Å². The minimum absolute atomic E-state index is 0.220. The molecule has 3 rings (SSSR count). The van der Waals surface area contributed by atoms with Gasteiger partial charge in [0.1, 0.15) is 23.3 Å². The van der Waals surface area contributed by atoms with Crippen LogP contribution >= 0.6 is 0 Å². The number of ether oxygens (including phenoxy) is 1. The van der Waals surface area contributed by atoms with Crippen LogP contribution in [-0.2, 0) is 4.74 Å². The van der Waals surface area contributed by atoms with Crippen molar-refractivity contribution in [3.8, 4) is 0 Å². The zero-order valence-electron chi connectivity index (χ0n) is 14.0. The average molecular weight is 356 g/mol. The Morgan fingerprint density at radius 2 is 2.00 bits per heavy atom. The Kier molecular flexibility index (Phi) is 4.70. The molecule has 2 aliphatic heterocycles. The molecule has 1 spiro atoms. The fourth-order valence-corrected chi connectivity index (χ4v) is 3.54. The summed E-state index contributed by atoms with van der Waals surface area (Å²) in [6.45, 7) is 2.46. The van der Waals surface area contributed by atoms with Gasteiger partial charge in [0.15, 0.2) is 0 Å². The molecular formula is C17H22F2N2O4. The van der Waals surface area contributed by atoms with Crippen molar-refractivity contribution >= 4 is 11.7 Å². The third-order valence-electron chi connectivity index (χ3n) is 5.15. The van der Waals surface area contributed by atoms with Crippen LogP contribution < -0.4 is 5.32 Å². The van der Waals surface area contributed by atoms with Gasteiger partial charge in [-0.05, 0) is 31.9 Å². The summed E-state index contributed by atoms with van der Waals surface area (Å²) in [6, 6.07) is 2.30. The zero-order chi connectivity index (χ0) is 18.2. The fraction of sp³-hybridized carbons (Fsp3) is 0.588. The summed E-state index contributed by atoms with van der Waals surface area (Å²) in [5, 5.41) is 23.1. The molecular weight excluding hydrogens is 334 g/mol. The minimum Gasteiger partial charge on any atom is -0.387 e. The van der Waals surface area contributed by atoms with Gasteiger partial charge in [0.25, 0.3) is 0 Å². The van der Waals surface area contributed by atoms with E-state index < -0.39 is 35.0 Å². The van der Waals surface area contributed by atoms with E-state index in [0.717, 1.165) is 18.2 Å². The smallest absolute Gasteiger partial charge is 0.321 e. The Bertz CT molecular complexity index is 660. The van der Waals surface area contributed by atoms with Gasteiger partial charge in [0, 0.05) is 25.6 Å². The molecule has 2 saturated heterocycles. The summed E-state index contributed by atoms with van der Waals surface area (Å²) in [6.07, 6.45) is 0.00531.